The molecule has 2 aliphatic rings. The van der Waals surface area contributed by atoms with Crippen molar-refractivity contribution in [3.8, 4) is 0 Å². The molecule has 2 saturated heterocycles. The summed E-state index contributed by atoms with van der Waals surface area (Å²) >= 11 is 0. The molecule has 0 spiro atoms. The Balaban J connectivity index is 1.44. The Morgan fingerprint density at radius 2 is 1.81 bits per heavy atom. The van der Waals surface area contributed by atoms with Gasteiger partial charge in [-0.05, 0) is 55.2 Å². The van der Waals surface area contributed by atoms with Crippen LogP contribution in [0, 0.1) is 0 Å². The number of rotatable bonds is 5. The highest BCUT2D eigenvalue weighted by molar-refractivity contribution is 5.94. The first-order chi connectivity index (χ1) is 14.8. The first-order valence-corrected chi connectivity index (χ1v) is 10.6. The van der Waals surface area contributed by atoms with Gasteiger partial charge in [0, 0.05) is 31.2 Å². The lowest BCUT2D eigenvalue weighted by molar-refractivity contribution is -0.214. The number of nitrogens with zero attached hydrogens (tertiary/aromatic N) is 1. The van der Waals surface area contributed by atoms with E-state index in [4.69, 9.17) is 9.47 Å². The fourth-order valence-corrected chi connectivity index (χ4v) is 4.37. The lowest BCUT2D eigenvalue weighted by atomic mass is 9.89. The quantitative estimate of drug-likeness (QED) is 0.667. The molecule has 0 aliphatic carbocycles. The van der Waals surface area contributed by atoms with Crippen molar-refractivity contribution in [1.29, 1.82) is 0 Å². The third kappa shape index (κ3) is 4.48. The van der Waals surface area contributed by atoms with Crippen LogP contribution in [0.3, 0.4) is 0 Å². The summed E-state index contributed by atoms with van der Waals surface area (Å²) in [6.07, 6.45) is -2.67. The molecule has 0 aromatic heterocycles. The van der Waals surface area contributed by atoms with E-state index in [1.165, 1.54) is 12.1 Å². The van der Waals surface area contributed by atoms with Crippen LogP contribution < -0.4 is 0 Å². The van der Waals surface area contributed by atoms with E-state index in [1.807, 2.05) is 31.2 Å². The van der Waals surface area contributed by atoms with Crippen molar-refractivity contribution in [2.45, 2.75) is 37.5 Å². The third-order valence-electron chi connectivity index (χ3n) is 6.17. The van der Waals surface area contributed by atoms with Crippen molar-refractivity contribution in [2.75, 3.05) is 32.9 Å². The molecule has 2 aromatic carbocycles. The molecular weight excluding hydrogens is 407 g/mol. The molecule has 4 nitrogen and oxygen atoms in total. The van der Waals surface area contributed by atoms with Gasteiger partial charge in [-0.15, -0.1) is 0 Å². The van der Waals surface area contributed by atoms with Crippen molar-refractivity contribution in [2.24, 2.45) is 0 Å². The minimum Gasteiger partial charge on any atom is -0.375 e. The number of hydrogen-bond acceptors (Lipinski definition) is 3. The average molecular weight is 433 g/mol. The highest BCUT2D eigenvalue weighted by Crippen LogP contribution is 2.35. The zero-order chi connectivity index (χ0) is 22.1. The minimum atomic E-state index is -4.34. The number of benzene rings is 2. The highest BCUT2D eigenvalue weighted by atomic mass is 19.4. The summed E-state index contributed by atoms with van der Waals surface area (Å²) in [5.74, 6) is -0.0221. The Bertz CT molecular complexity index is 905. The summed E-state index contributed by atoms with van der Waals surface area (Å²) in [6, 6.07) is 12.8. The number of carbonyl (C=O) groups is 1. The second kappa shape index (κ2) is 8.63. The number of ether oxygens (including phenoxy) is 2. The summed E-state index contributed by atoms with van der Waals surface area (Å²) < 4.78 is 49.7. The van der Waals surface area contributed by atoms with E-state index in [0.717, 1.165) is 36.1 Å². The zero-order valence-corrected chi connectivity index (χ0v) is 17.5. The van der Waals surface area contributed by atoms with Gasteiger partial charge in [-0.1, -0.05) is 24.3 Å². The molecule has 0 saturated carbocycles. The van der Waals surface area contributed by atoms with E-state index in [1.54, 1.807) is 4.90 Å². The van der Waals surface area contributed by atoms with Crippen LogP contribution in [0.4, 0.5) is 13.2 Å². The molecule has 0 N–H and O–H groups in total. The van der Waals surface area contributed by atoms with Crippen LogP contribution in [0.2, 0.25) is 0 Å². The maximum Gasteiger partial charge on any atom is 0.416 e. The Morgan fingerprint density at radius 3 is 2.35 bits per heavy atom. The minimum absolute atomic E-state index is 0.0348. The van der Waals surface area contributed by atoms with E-state index < -0.39 is 17.3 Å². The van der Waals surface area contributed by atoms with E-state index >= 15 is 0 Å². The number of amides is 1. The van der Waals surface area contributed by atoms with E-state index in [0.29, 0.717) is 38.5 Å². The van der Waals surface area contributed by atoms with Crippen molar-refractivity contribution in [3.63, 3.8) is 0 Å². The maximum absolute atomic E-state index is 13.1. The van der Waals surface area contributed by atoms with Gasteiger partial charge in [-0.2, -0.15) is 13.2 Å². The van der Waals surface area contributed by atoms with E-state index in [2.05, 4.69) is 0 Å². The highest BCUT2D eigenvalue weighted by Gasteiger charge is 2.41. The van der Waals surface area contributed by atoms with Gasteiger partial charge in [0.25, 0.3) is 5.91 Å². The summed E-state index contributed by atoms with van der Waals surface area (Å²) in [6.45, 7) is 4.70. The summed E-state index contributed by atoms with van der Waals surface area (Å²) in [5, 5.41) is 0. The number of carbonyl (C=O) groups excluding carboxylic acids is 1. The second-order valence-electron chi connectivity index (χ2n) is 8.21. The molecule has 1 atom stereocenters. The molecule has 1 unspecified atom stereocenters. The Hall–Kier alpha value is -2.38. The second-order valence-corrected chi connectivity index (χ2v) is 8.21. The molecule has 0 bridgehead atoms. The van der Waals surface area contributed by atoms with E-state index in [9.17, 15) is 18.0 Å². The van der Waals surface area contributed by atoms with Crippen molar-refractivity contribution >= 4 is 5.91 Å². The SMILES string of the molecule is CCOC1(c2ccc(C(=O)N3CCCC(c4ccc(C(F)(F)F)cc4)C3)cc2)COC1. The first-order valence-electron chi connectivity index (χ1n) is 10.6. The van der Waals surface area contributed by atoms with Crippen LogP contribution >= 0.6 is 0 Å². The molecule has 1 amide bonds. The number of piperidine rings is 1. The normalized spacial score (nSPS) is 20.9. The van der Waals surface area contributed by atoms with Gasteiger partial charge < -0.3 is 14.4 Å². The van der Waals surface area contributed by atoms with Gasteiger partial charge >= 0.3 is 6.18 Å². The Kier molecular flexibility index (Phi) is 6.08. The number of likely N-dealkylation sites (tertiary alicyclic amines) is 1. The number of alkyl halides is 3. The Morgan fingerprint density at radius 1 is 1.13 bits per heavy atom. The van der Waals surface area contributed by atoms with Gasteiger partial charge in [0.2, 0.25) is 0 Å². The molecule has 2 heterocycles. The summed E-state index contributed by atoms with van der Waals surface area (Å²) in [4.78, 5) is 14.9. The van der Waals surface area contributed by atoms with Gasteiger partial charge in [-0.25, -0.2) is 0 Å². The molecule has 166 valence electrons. The fourth-order valence-electron chi connectivity index (χ4n) is 4.37. The Labute approximate surface area is 180 Å². The molecular formula is C24H26F3NO3. The lowest BCUT2D eigenvalue weighted by Gasteiger charge is -2.41. The third-order valence-corrected chi connectivity index (χ3v) is 6.17. The van der Waals surface area contributed by atoms with Crippen molar-refractivity contribution in [3.05, 3.63) is 70.8 Å². The summed E-state index contributed by atoms with van der Waals surface area (Å²) in [7, 11) is 0. The average Bonchev–Trinajstić information content (AvgIpc) is 2.75. The molecule has 2 aliphatic heterocycles. The predicted molar refractivity (Wildman–Crippen MR) is 110 cm³/mol. The molecule has 2 aromatic rings. The van der Waals surface area contributed by atoms with Gasteiger partial charge in [-0.3, -0.25) is 4.79 Å². The van der Waals surface area contributed by atoms with Crippen LogP contribution in [0.5, 0.6) is 0 Å². The summed E-state index contributed by atoms with van der Waals surface area (Å²) in [5.41, 5.74) is 1.36. The van der Waals surface area contributed by atoms with Crippen molar-refractivity contribution < 1.29 is 27.4 Å². The van der Waals surface area contributed by atoms with Crippen LogP contribution in [0.15, 0.2) is 48.5 Å². The standard InChI is InChI=1S/C24H26F3NO3/c1-2-31-23(15-30-16-23)20-9-7-18(8-10-20)22(29)28-13-3-4-19(14-28)17-5-11-21(12-6-17)24(25,26)27/h5-12,19H,2-4,13-16H2,1H3. The van der Waals surface area contributed by atoms with Gasteiger partial charge in [0.05, 0.1) is 18.8 Å². The monoisotopic (exact) mass is 433 g/mol. The van der Waals surface area contributed by atoms with Gasteiger partial charge in [0.15, 0.2) is 0 Å². The topological polar surface area (TPSA) is 38.8 Å². The van der Waals surface area contributed by atoms with Crippen LogP contribution in [-0.4, -0.2) is 43.7 Å². The fraction of sp³-hybridized carbons (Fsp3) is 0.458. The van der Waals surface area contributed by atoms with Crippen LogP contribution in [0.25, 0.3) is 0 Å². The van der Waals surface area contributed by atoms with Crippen molar-refractivity contribution in [1.82, 2.24) is 4.90 Å². The maximum atomic E-state index is 13.1. The van der Waals surface area contributed by atoms with Crippen LogP contribution in [-0.2, 0) is 21.3 Å². The number of hydrogen-bond donors (Lipinski definition) is 0. The largest absolute Gasteiger partial charge is 0.416 e. The number of halogens is 3. The smallest absolute Gasteiger partial charge is 0.375 e. The molecule has 31 heavy (non-hydrogen) atoms. The van der Waals surface area contributed by atoms with Gasteiger partial charge in [0.1, 0.15) is 5.60 Å². The zero-order valence-electron chi connectivity index (χ0n) is 17.5. The predicted octanol–water partition coefficient (Wildman–Crippen LogP) is 4.99. The molecule has 4 rings (SSSR count). The first kappa shape index (κ1) is 21.8. The van der Waals surface area contributed by atoms with Crippen LogP contribution in [0.1, 0.15) is 52.7 Å². The molecule has 2 fully saturated rings. The molecule has 0 radical (unpaired) electrons. The molecule has 7 heteroatoms. The lowest BCUT2D eigenvalue weighted by Crippen LogP contribution is -2.49. The van der Waals surface area contributed by atoms with E-state index in [-0.39, 0.29) is 11.8 Å².